The number of hydrogen-bond donors (Lipinski definition) is 0. The zero-order valence-electron chi connectivity index (χ0n) is 32.7. The van der Waals surface area contributed by atoms with Crippen molar-refractivity contribution in [2.45, 2.75) is 24.8 Å². The van der Waals surface area contributed by atoms with Gasteiger partial charge < -0.3 is 4.57 Å². The standard InChI is InChI=1S/C58H41N/c1-3-16-38(17-4-1)43-21-9-10-23-45(43)46-28-15-29-48-47(46)36-37-54-57(48)53-35-32-39-18-7-8-22-44(39)58(53)59(54)42-33-30-41(31-34-42)56-51-26-13-11-24-49(51)55(40-19-5-2-6-20-40)50-25-12-14-27-52(50)56/h1-16,18-33,35-38,42H,17,34H2. The molecule has 2 unspecified atom stereocenters. The van der Waals surface area contributed by atoms with E-state index in [0.717, 1.165) is 12.8 Å². The van der Waals surface area contributed by atoms with Gasteiger partial charge in [0.1, 0.15) is 0 Å². The molecule has 12 rings (SSSR count). The van der Waals surface area contributed by atoms with Gasteiger partial charge in [0, 0.05) is 22.1 Å². The maximum Gasteiger partial charge on any atom is 0.0576 e. The lowest BCUT2D eigenvalue weighted by Crippen LogP contribution is -2.08. The smallest absolute Gasteiger partial charge is 0.0576 e. The van der Waals surface area contributed by atoms with E-state index >= 15 is 0 Å². The molecule has 9 aromatic carbocycles. The summed E-state index contributed by atoms with van der Waals surface area (Å²) in [6, 6.07) is 63.3. The van der Waals surface area contributed by atoms with E-state index in [9.17, 15) is 0 Å². The molecule has 1 aromatic heterocycles. The molecule has 0 bridgehead atoms. The van der Waals surface area contributed by atoms with Crippen LogP contribution in [0, 0.1) is 0 Å². The highest BCUT2D eigenvalue weighted by Gasteiger charge is 2.24. The fourth-order valence-electron chi connectivity index (χ4n) is 10.5. The summed E-state index contributed by atoms with van der Waals surface area (Å²) in [5.74, 6) is 0.372. The molecule has 0 N–H and O–H groups in total. The minimum atomic E-state index is 0.151. The van der Waals surface area contributed by atoms with Crippen LogP contribution in [0.25, 0.3) is 92.7 Å². The van der Waals surface area contributed by atoms with Crippen molar-refractivity contribution in [2.75, 3.05) is 0 Å². The van der Waals surface area contributed by atoms with Crippen molar-refractivity contribution in [3.05, 3.63) is 224 Å². The summed E-state index contributed by atoms with van der Waals surface area (Å²) in [5.41, 5.74) is 11.8. The minimum Gasteiger partial charge on any atom is -0.333 e. The number of allylic oxidation sites excluding steroid dienone is 8. The first-order valence-corrected chi connectivity index (χ1v) is 21.0. The van der Waals surface area contributed by atoms with Crippen LogP contribution in [0.1, 0.15) is 35.9 Å². The van der Waals surface area contributed by atoms with Gasteiger partial charge in [0.25, 0.3) is 0 Å². The summed E-state index contributed by atoms with van der Waals surface area (Å²) in [6.07, 6.45) is 18.3. The Balaban J connectivity index is 1.04. The predicted octanol–water partition coefficient (Wildman–Crippen LogP) is 15.9. The molecule has 0 amide bonds. The van der Waals surface area contributed by atoms with Crippen LogP contribution in [0.5, 0.6) is 0 Å². The number of fused-ring (bicyclic) bond motifs is 9. The van der Waals surface area contributed by atoms with Gasteiger partial charge in [-0.3, -0.25) is 0 Å². The molecular formula is C58H41N. The molecule has 0 aliphatic heterocycles. The summed E-state index contributed by atoms with van der Waals surface area (Å²) in [4.78, 5) is 0. The molecule has 0 saturated heterocycles. The lowest BCUT2D eigenvalue weighted by molar-refractivity contribution is 0.651. The highest BCUT2D eigenvalue weighted by atomic mass is 15.0. The average Bonchev–Trinajstić information content (AvgIpc) is 3.66. The highest BCUT2D eigenvalue weighted by molar-refractivity contribution is 6.27. The Morgan fingerprint density at radius 2 is 1.10 bits per heavy atom. The third-order valence-electron chi connectivity index (χ3n) is 13.0. The van der Waals surface area contributed by atoms with Gasteiger partial charge in [0.05, 0.1) is 17.1 Å². The van der Waals surface area contributed by atoms with Gasteiger partial charge in [0.15, 0.2) is 0 Å². The van der Waals surface area contributed by atoms with Gasteiger partial charge in [-0.25, -0.2) is 0 Å². The minimum absolute atomic E-state index is 0.151. The molecule has 2 atom stereocenters. The monoisotopic (exact) mass is 751 g/mol. The first-order chi connectivity index (χ1) is 29.3. The molecule has 0 radical (unpaired) electrons. The fourth-order valence-corrected chi connectivity index (χ4v) is 10.5. The van der Waals surface area contributed by atoms with Crippen LogP contribution in [-0.2, 0) is 0 Å². The molecule has 2 aliphatic rings. The molecule has 10 aromatic rings. The Hall–Kier alpha value is -7.22. The van der Waals surface area contributed by atoms with Crippen LogP contribution < -0.4 is 0 Å². The van der Waals surface area contributed by atoms with Crippen molar-refractivity contribution in [2.24, 2.45) is 0 Å². The number of aromatic nitrogens is 1. The van der Waals surface area contributed by atoms with E-state index in [2.05, 4.69) is 217 Å². The molecule has 0 fully saturated rings. The molecule has 1 nitrogen and oxygen atoms in total. The van der Waals surface area contributed by atoms with Gasteiger partial charge in [-0.2, -0.15) is 0 Å². The summed E-state index contributed by atoms with van der Waals surface area (Å²) in [6.45, 7) is 0. The summed E-state index contributed by atoms with van der Waals surface area (Å²) >= 11 is 0. The molecule has 0 saturated carbocycles. The normalized spacial score (nSPS) is 16.6. The van der Waals surface area contributed by atoms with E-state index in [1.165, 1.54) is 104 Å². The van der Waals surface area contributed by atoms with Gasteiger partial charge in [0.2, 0.25) is 0 Å². The second kappa shape index (κ2) is 13.7. The Morgan fingerprint density at radius 1 is 0.441 bits per heavy atom. The third-order valence-corrected chi connectivity index (χ3v) is 13.0. The van der Waals surface area contributed by atoms with Crippen LogP contribution in [0.2, 0.25) is 0 Å². The predicted molar refractivity (Wildman–Crippen MR) is 253 cm³/mol. The molecule has 59 heavy (non-hydrogen) atoms. The zero-order chi connectivity index (χ0) is 38.9. The first-order valence-electron chi connectivity index (χ1n) is 21.0. The van der Waals surface area contributed by atoms with Gasteiger partial charge in [-0.1, -0.05) is 206 Å². The molecule has 0 spiro atoms. The highest BCUT2D eigenvalue weighted by Crippen LogP contribution is 2.47. The van der Waals surface area contributed by atoms with Crippen molar-refractivity contribution >= 4 is 70.5 Å². The van der Waals surface area contributed by atoms with Gasteiger partial charge in [-0.15, -0.1) is 0 Å². The van der Waals surface area contributed by atoms with Gasteiger partial charge in [-0.05, 0) is 95.6 Å². The van der Waals surface area contributed by atoms with Crippen molar-refractivity contribution in [3.63, 3.8) is 0 Å². The van der Waals surface area contributed by atoms with Crippen molar-refractivity contribution in [1.29, 1.82) is 0 Å². The number of nitrogens with zero attached hydrogens (tertiary/aromatic N) is 1. The van der Waals surface area contributed by atoms with Crippen molar-refractivity contribution in [1.82, 2.24) is 4.57 Å². The Morgan fingerprint density at radius 3 is 1.85 bits per heavy atom. The Labute approximate surface area is 344 Å². The summed E-state index contributed by atoms with van der Waals surface area (Å²) < 4.78 is 2.64. The third kappa shape index (κ3) is 5.31. The van der Waals surface area contributed by atoms with E-state index in [4.69, 9.17) is 0 Å². The van der Waals surface area contributed by atoms with Crippen LogP contribution >= 0.6 is 0 Å². The lowest BCUT2D eigenvalue weighted by atomic mass is 9.84. The van der Waals surface area contributed by atoms with Crippen molar-refractivity contribution < 1.29 is 0 Å². The van der Waals surface area contributed by atoms with E-state index in [1.807, 2.05) is 0 Å². The summed E-state index contributed by atoms with van der Waals surface area (Å²) in [5, 5.41) is 13.0. The number of benzene rings is 9. The topological polar surface area (TPSA) is 4.93 Å². The quantitative estimate of drug-likeness (QED) is 0.154. The fraction of sp³-hybridized carbons (Fsp3) is 0.0690. The lowest BCUT2D eigenvalue weighted by Gasteiger charge is -2.23. The van der Waals surface area contributed by atoms with E-state index in [1.54, 1.807) is 0 Å². The van der Waals surface area contributed by atoms with Crippen LogP contribution in [0.4, 0.5) is 0 Å². The largest absolute Gasteiger partial charge is 0.333 e. The second-order valence-corrected chi connectivity index (χ2v) is 16.2. The second-order valence-electron chi connectivity index (χ2n) is 16.2. The molecule has 1 heteroatoms. The maximum absolute atomic E-state index is 2.64. The summed E-state index contributed by atoms with van der Waals surface area (Å²) in [7, 11) is 0. The van der Waals surface area contributed by atoms with Crippen LogP contribution in [0.3, 0.4) is 0 Å². The van der Waals surface area contributed by atoms with Crippen LogP contribution in [0.15, 0.2) is 212 Å². The molecular weight excluding hydrogens is 711 g/mol. The van der Waals surface area contributed by atoms with Crippen molar-refractivity contribution in [3.8, 4) is 22.3 Å². The molecule has 1 heterocycles. The van der Waals surface area contributed by atoms with Gasteiger partial charge >= 0.3 is 0 Å². The molecule has 2 aliphatic carbocycles. The number of rotatable bonds is 5. The Bertz CT molecular complexity index is 3390. The maximum atomic E-state index is 2.64. The van der Waals surface area contributed by atoms with E-state index in [0.29, 0.717) is 5.92 Å². The van der Waals surface area contributed by atoms with Crippen LogP contribution in [-0.4, -0.2) is 4.57 Å². The zero-order valence-corrected chi connectivity index (χ0v) is 32.7. The SMILES string of the molecule is C1=CCC(c2ccccc2-c2cccc3c2ccc2c3c3ccc4ccccc4c3n2C2C=CC(c3c4ccccc4c(-c4ccccc4)c4ccccc34)=CC2)C=C1. The Kier molecular flexibility index (Phi) is 7.88. The first kappa shape index (κ1) is 33.9. The van der Waals surface area contributed by atoms with E-state index in [-0.39, 0.29) is 6.04 Å². The average molecular weight is 752 g/mol. The van der Waals surface area contributed by atoms with E-state index < -0.39 is 0 Å². The number of hydrogen-bond acceptors (Lipinski definition) is 0. The molecule has 278 valence electrons.